The fourth-order valence-corrected chi connectivity index (χ4v) is 2.22. The van der Waals surface area contributed by atoms with Crippen molar-refractivity contribution < 1.29 is 9.90 Å². The van der Waals surface area contributed by atoms with E-state index in [-0.39, 0.29) is 0 Å². The summed E-state index contributed by atoms with van der Waals surface area (Å²) in [6.45, 7) is 4.34. The molecule has 0 rings (SSSR count). The lowest BCUT2D eigenvalue weighted by atomic mass is 10.0. The van der Waals surface area contributed by atoms with Gasteiger partial charge in [-0.2, -0.15) is 0 Å². The molecule has 0 bridgehead atoms. The molecule has 0 aromatic carbocycles. The maximum Gasteiger partial charge on any atom is 0.331 e. The molecule has 0 aromatic heterocycles. The predicted molar refractivity (Wildman–Crippen MR) is 82.5 cm³/mol. The number of carbonyl (C=O) groups is 1. The molecule has 0 saturated carbocycles. The first kappa shape index (κ1) is 18.2. The molecule has 0 aromatic rings. The van der Waals surface area contributed by atoms with Gasteiger partial charge < -0.3 is 5.11 Å². The SMILES string of the molecule is CCCCCCCCCC/C=C(/CCCC)C(=O)O. The smallest absolute Gasteiger partial charge is 0.331 e. The van der Waals surface area contributed by atoms with Gasteiger partial charge in [0.15, 0.2) is 0 Å². The summed E-state index contributed by atoms with van der Waals surface area (Å²) in [5.74, 6) is -0.729. The Bertz CT molecular complexity index is 244. The molecule has 0 spiro atoms. The second-order valence-electron chi connectivity index (χ2n) is 5.40. The Hall–Kier alpha value is -0.790. The summed E-state index contributed by atoms with van der Waals surface area (Å²) in [4.78, 5) is 11.0. The van der Waals surface area contributed by atoms with Gasteiger partial charge >= 0.3 is 5.97 Å². The summed E-state index contributed by atoms with van der Waals surface area (Å²) in [6, 6.07) is 0. The highest BCUT2D eigenvalue weighted by Gasteiger charge is 2.05. The zero-order chi connectivity index (χ0) is 14.3. The Morgan fingerprint density at radius 2 is 1.37 bits per heavy atom. The first-order chi connectivity index (χ1) is 9.22. The normalized spacial score (nSPS) is 11.8. The fourth-order valence-electron chi connectivity index (χ4n) is 2.22. The Morgan fingerprint density at radius 3 is 1.89 bits per heavy atom. The van der Waals surface area contributed by atoms with Gasteiger partial charge in [0.2, 0.25) is 0 Å². The third-order valence-electron chi connectivity index (χ3n) is 3.52. The first-order valence-corrected chi connectivity index (χ1v) is 8.14. The van der Waals surface area contributed by atoms with Crippen molar-refractivity contribution in [1.29, 1.82) is 0 Å². The number of carboxylic acid groups (broad SMARTS) is 1. The van der Waals surface area contributed by atoms with E-state index in [9.17, 15) is 4.79 Å². The molecule has 0 aliphatic rings. The van der Waals surface area contributed by atoms with E-state index in [0.717, 1.165) is 32.1 Å². The van der Waals surface area contributed by atoms with E-state index in [1.807, 2.05) is 6.08 Å². The average Bonchev–Trinajstić information content (AvgIpc) is 2.39. The highest BCUT2D eigenvalue weighted by Crippen LogP contribution is 2.13. The Labute approximate surface area is 119 Å². The van der Waals surface area contributed by atoms with Crippen molar-refractivity contribution in [2.45, 2.75) is 90.9 Å². The predicted octanol–water partition coefficient (Wildman–Crippen LogP) is 5.72. The van der Waals surface area contributed by atoms with E-state index in [1.54, 1.807) is 0 Å². The molecule has 2 heteroatoms. The van der Waals surface area contributed by atoms with Crippen LogP contribution in [0.5, 0.6) is 0 Å². The van der Waals surface area contributed by atoms with Gasteiger partial charge in [-0.1, -0.05) is 71.3 Å². The van der Waals surface area contributed by atoms with Crippen molar-refractivity contribution in [3.05, 3.63) is 11.6 Å². The van der Waals surface area contributed by atoms with Crippen LogP contribution in [0.3, 0.4) is 0 Å². The highest BCUT2D eigenvalue weighted by molar-refractivity contribution is 5.86. The maximum absolute atomic E-state index is 11.0. The van der Waals surface area contributed by atoms with Gasteiger partial charge in [-0.3, -0.25) is 0 Å². The minimum Gasteiger partial charge on any atom is -0.478 e. The van der Waals surface area contributed by atoms with Crippen LogP contribution in [0.25, 0.3) is 0 Å². The lowest BCUT2D eigenvalue weighted by molar-refractivity contribution is -0.132. The summed E-state index contributed by atoms with van der Waals surface area (Å²) in [7, 11) is 0. The summed E-state index contributed by atoms with van der Waals surface area (Å²) in [5.41, 5.74) is 0.616. The van der Waals surface area contributed by atoms with Crippen molar-refractivity contribution in [2.75, 3.05) is 0 Å². The van der Waals surface area contributed by atoms with E-state index in [0.29, 0.717) is 5.57 Å². The van der Waals surface area contributed by atoms with Gasteiger partial charge in [-0.15, -0.1) is 0 Å². The van der Waals surface area contributed by atoms with Gasteiger partial charge in [0.05, 0.1) is 0 Å². The molecule has 0 saturated heterocycles. The number of carboxylic acids is 1. The number of aliphatic carboxylic acids is 1. The number of hydrogen-bond donors (Lipinski definition) is 1. The van der Waals surface area contributed by atoms with Crippen LogP contribution >= 0.6 is 0 Å². The molecule has 0 heterocycles. The monoisotopic (exact) mass is 268 g/mol. The minimum absolute atomic E-state index is 0.616. The molecule has 0 aliphatic carbocycles. The van der Waals surface area contributed by atoms with Crippen molar-refractivity contribution in [2.24, 2.45) is 0 Å². The van der Waals surface area contributed by atoms with Crippen LogP contribution in [0.4, 0.5) is 0 Å². The molecule has 2 nitrogen and oxygen atoms in total. The van der Waals surface area contributed by atoms with Crippen LogP contribution in [0.15, 0.2) is 11.6 Å². The molecule has 0 radical (unpaired) electrons. The fraction of sp³-hybridized carbons (Fsp3) is 0.824. The van der Waals surface area contributed by atoms with Crippen LogP contribution in [0.1, 0.15) is 90.9 Å². The highest BCUT2D eigenvalue weighted by atomic mass is 16.4. The minimum atomic E-state index is -0.729. The Kier molecular flexibility index (Phi) is 13.1. The van der Waals surface area contributed by atoms with Gasteiger partial charge in [-0.05, 0) is 25.7 Å². The number of rotatable bonds is 13. The zero-order valence-electron chi connectivity index (χ0n) is 12.9. The van der Waals surface area contributed by atoms with Crippen LogP contribution in [0, 0.1) is 0 Å². The summed E-state index contributed by atoms with van der Waals surface area (Å²) >= 11 is 0. The number of hydrogen-bond acceptors (Lipinski definition) is 1. The standard InChI is InChI=1S/C17H32O2/c1-3-5-7-8-9-10-11-12-13-15-16(17(18)19)14-6-4-2/h15H,3-14H2,1-2H3,(H,18,19)/b16-15-. The van der Waals surface area contributed by atoms with E-state index >= 15 is 0 Å². The van der Waals surface area contributed by atoms with Gasteiger partial charge in [-0.25, -0.2) is 4.79 Å². The van der Waals surface area contributed by atoms with Crippen molar-refractivity contribution in [3.63, 3.8) is 0 Å². The molecule has 1 N–H and O–H groups in total. The molecular formula is C17H32O2. The molecular weight excluding hydrogens is 236 g/mol. The second kappa shape index (κ2) is 13.6. The Morgan fingerprint density at radius 1 is 0.842 bits per heavy atom. The third-order valence-corrected chi connectivity index (χ3v) is 3.52. The lowest BCUT2D eigenvalue weighted by Crippen LogP contribution is -2.00. The Balaban J connectivity index is 3.55. The summed E-state index contributed by atoms with van der Waals surface area (Å²) < 4.78 is 0. The largest absolute Gasteiger partial charge is 0.478 e. The molecule has 19 heavy (non-hydrogen) atoms. The van der Waals surface area contributed by atoms with Crippen molar-refractivity contribution in [3.8, 4) is 0 Å². The molecule has 0 fully saturated rings. The third kappa shape index (κ3) is 12.0. The zero-order valence-corrected chi connectivity index (χ0v) is 12.9. The average molecular weight is 268 g/mol. The van der Waals surface area contributed by atoms with E-state index < -0.39 is 5.97 Å². The van der Waals surface area contributed by atoms with Crippen LogP contribution < -0.4 is 0 Å². The lowest BCUT2D eigenvalue weighted by Gasteiger charge is -2.02. The van der Waals surface area contributed by atoms with Gasteiger partial charge in [0.25, 0.3) is 0 Å². The molecule has 0 atom stereocenters. The van der Waals surface area contributed by atoms with Crippen LogP contribution in [0.2, 0.25) is 0 Å². The van der Waals surface area contributed by atoms with E-state index in [1.165, 1.54) is 44.9 Å². The molecule has 0 amide bonds. The summed E-state index contributed by atoms with van der Waals surface area (Å²) in [6.07, 6.45) is 16.1. The summed E-state index contributed by atoms with van der Waals surface area (Å²) in [5, 5.41) is 9.05. The number of unbranched alkanes of at least 4 members (excludes halogenated alkanes) is 9. The van der Waals surface area contributed by atoms with Gasteiger partial charge in [0.1, 0.15) is 0 Å². The molecule has 0 unspecified atom stereocenters. The van der Waals surface area contributed by atoms with Crippen LogP contribution in [-0.4, -0.2) is 11.1 Å². The second-order valence-corrected chi connectivity index (χ2v) is 5.40. The number of allylic oxidation sites excluding steroid dienone is 1. The van der Waals surface area contributed by atoms with E-state index in [4.69, 9.17) is 5.11 Å². The molecule has 0 aliphatic heterocycles. The van der Waals surface area contributed by atoms with Crippen LogP contribution in [-0.2, 0) is 4.79 Å². The van der Waals surface area contributed by atoms with Gasteiger partial charge in [0, 0.05) is 5.57 Å². The topological polar surface area (TPSA) is 37.3 Å². The maximum atomic E-state index is 11.0. The van der Waals surface area contributed by atoms with Crippen molar-refractivity contribution >= 4 is 5.97 Å². The van der Waals surface area contributed by atoms with E-state index in [2.05, 4.69) is 13.8 Å². The first-order valence-electron chi connectivity index (χ1n) is 8.14. The molecule has 112 valence electrons. The quantitative estimate of drug-likeness (QED) is 0.343. The van der Waals surface area contributed by atoms with Crippen molar-refractivity contribution in [1.82, 2.24) is 0 Å².